The Morgan fingerprint density at radius 1 is 1.20 bits per heavy atom. The molecule has 1 unspecified atom stereocenters. The summed E-state index contributed by atoms with van der Waals surface area (Å²) in [5.41, 5.74) is 7.32. The van der Waals surface area contributed by atoms with E-state index in [-0.39, 0.29) is 17.4 Å². The molecule has 5 nitrogen and oxygen atoms in total. The summed E-state index contributed by atoms with van der Waals surface area (Å²) < 4.78 is 38.5. The molecule has 1 heterocycles. The summed E-state index contributed by atoms with van der Waals surface area (Å²) in [6.07, 6.45) is -4.78. The number of aromatic nitrogens is 1. The van der Waals surface area contributed by atoms with Crippen molar-refractivity contribution in [3.05, 3.63) is 64.5 Å². The fourth-order valence-electron chi connectivity index (χ4n) is 2.99. The maximum absolute atomic E-state index is 12.8. The van der Waals surface area contributed by atoms with Gasteiger partial charge >= 0.3 is 12.3 Å². The first-order chi connectivity index (χ1) is 11.7. The van der Waals surface area contributed by atoms with Crippen LogP contribution >= 0.6 is 0 Å². The second-order valence-electron chi connectivity index (χ2n) is 5.81. The molecule has 25 heavy (non-hydrogen) atoms. The van der Waals surface area contributed by atoms with Crippen LogP contribution in [0.15, 0.2) is 41.4 Å². The topological polar surface area (TPSA) is 88.6 Å². The molecule has 2 aromatic rings. The van der Waals surface area contributed by atoms with E-state index in [1.165, 1.54) is 18.2 Å². The highest BCUT2D eigenvalue weighted by Crippen LogP contribution is 2.37. The standard InChI is InChI=1S/C17H14F3N3O2/c18-17(19,20)12-5-4-9-6-11(7-10(9)8-12)13-2-1-3-14(22-13)15(21)23-16(24)25/h1-5,8,11H,6-7H2,(H2,21,23)(H,24,25). The van der Waals surface area contributed by atoms with Crippen LogP contribution in [-0.2, 0) is 19.0 Å². The molecule has 0 bridgehead atoms. The van der Waals surface area contributed by atoms with Crippen LogP contribution in [0, 0.1) is 0 Å². The molecule has 1 aromatic carbocycles. The highest BCUT2D eigenvalue weighted by atomic mass is 19.4. The second-order valence-corrected chi connectivity index (χ2v) is 5.81. The smallest absolute Gasteiger partial charge is 0.433 e. The minimum absolute atomic E-state index is 0.0870. The number of hydrogen-bond acceptors (Lipinski definition) is 2. The number of alkyl halides is 3. The summed E-state index contributed by atoms with van der Waals surface area (Å²) in [5, 5.41) is 8.65. The van der Waals surface area contributed by atoms with E-state index in [0.717, 1.165) is 11.6 Å². The van der Waals surface area contributed by atoms with Crippen LogP contribution in [0.25, 0.3) is 0 Å². The lowest BCUT2D eigenvalue weighted by atomic mass is 10.0. The summed E-state index contributed by atoms with van der Waals surface area (Å²) in [5.74, 6) is -0.305. The Morgan fingerprint density at radius 3 is 2.60 bits per heavy atom. The Bertz CT molecular complexity index is 862. The highest BCUT2D eigenvalue weighted by Gasteiger charge is 2.33. The van der Waals surface area contributed by atoms with Crippen LogP contribution in [0.2, 0.25) is 0 Å². The first-order valence-electron chi connectivity index (χ1n) is 7.47. The van der Waals surface area contributed by atoms with Crippen molar-refractivity contribution in [1.82, 2.24) is 4.98 Å². The largest absolute Gasteiger partial charge is 0.463 e. The summed E-state index contributed by atoms with van der Waals surface area (Å²) in [4.78, 5) is 18.1. The van der Waals surface area contributed by atoms with Crippen molar-refractivity contribution in [3.8, 4) is 0 Å². The number of nitrogens with zero attached hydrogens (tertiary/aromatic N) is 2. The molecule has 0 spiro atoms. The lowest BCUT2D eigenvalue weighted by molar-refractivity contribution is -0.137. The molecule has 0 radical (unpaired) electrons. The number of carboxylic acid groups (broad SMARTS) is 1. The maximum atomic E-state index is 12.8. The molecular weight excluding hydrogens is 335 g/mol. The van der Waals surface area contributed by atoms with Crippen molar-refractivity contribution in [2.75, 3.05) is 0 Å². The summed E-state index contributed by atoms with van der Waals surface area (Å²) in [7, 11) is 0. The number of rotatable bonds is 2. The van der Waals surface area contributed by atoms with Crippen molar-refractivity contribution in [3.63, 3.8) is 0 Å². The van der Waals surface area contributed by atoms with Crippen LogP contribution in [0.1, 0.15) is 34.0 Å². The summed E-state index contributed by atoms with van der Waals surface area (Å²) in [6.45, 7) is 0. The predicted octanol–water partition coefficient (Wildman–Crippen LogP) is 3.37. The van der Waals surface area contributed by atoms with Crippen LogP contribution in [0.4, 0.5) is 18.0 Å². The van der Waals surface area contributed by atoms with Crippen molar-refractivity contribution in [2.24, 2.45) is 10.7 Å². The lowest BCUT2D eigenvalue weighted by Crippen LogP contribution is -2.18. The fraction of sp³-hybridized carbons (Fsp3) is 0.235. The monoisotopic (exact) mass is 349 g/mol. The second kappa shape index (κ2) is 6.19. The molecule has 3 rings (SSSR count). The Labute approximate surface area is 141 Å². The van der Waals surface area contributed by atoms with Gasteiger partial charge in [-0.05, 0) is 48.2 Å². The van der Waals surface area contributed by atoms with Gasteiger partial charge in [0.05, 0.1) is 5.56 Å². The van der Waals surface area contributed by atoms with Gasteiger partial charge in [0.2, 0.25) is 0 Å². The number of hydrogen-bond donors (Lipinski definition) is 2. The van der Waals surface area contributed by atoms with Gasteiger partial charge in [-0.1, -0.05) is 12.1 Å². The van der Waals surface area contributed by atoms with Gasteiger partial charge in [-0.25, -0.2) is 9.78 Å². The number of fused-ring (bicyclic) bond motifs is 1. The van der Waals surface area contributed by atoms with E-state index in [1.54, 1.807) is 12.1 Å². The quantitative estimate of drug-likeness (QED) is 0.643. The third kappa shape index (κ3) is 3.62. The van der Waals surface area contributed by atoms with Gasteiger partial charge in [-0.2, -0.15) is 18.2 Å². The third-order valence-corrected chi connectivity index (χ3v) is 4.13. The predicted molar refractivity (Wildman–Crippen MR) is 84.6 cm³/mol. The molecule has 1 aliphatic carbocycles. The van der Waals surface area contributed by atoms with Gasteiger partial charge in [0.15, 0.2) is 5.84 Å². The van der Waals surface area contributed by atoms with Crippen LogP contribution in [0.5, 0.6) is 0 Å². The van der Waals surface area contributed by atoms with Gasteiger partial charge in [0, 0.05) is 11.6 Å². The van der Waals surface area contributed by atoms with Crippen LogP contribution < -0.4 is 5.73 Å². The van der Waals surface area contributed by atoms with Gasteiger partial charge in [0.1, 0.15) is 5.69 Å². The minimum atomic E-state index is -4.37. The maximum Gasteiger partial charge on any atom is 0.433 e. The fourth-order valence-corrected chi connectivity index (χ4v) is 2.99. The van der Waals surface area contributed by atoms with Gasteiger partial charge in [0.25, 0.3) is 0 Å². The Balaban J connectivity index is 1.86. The van der Waals surface area contributed by atoms with Gasteiger partial charge in [-0.3, -0.25) is 0 Å². The van der Waals surface area contributed by atoms with Crippen LogP contribution in [-0.4, -0.2) is 22.0 Å². The Morgan fingerprint density at radius 2 is 1.92 bits per heavy atom. The number of amidine groups is 1. The molecule has 0 aliphatic heterocycles. The number of nitrogens with two attached hydrogens (primary N) is 1. The van der Waals surface area contributed by atoms with E-state index in [9.17, 15) is 18.0 Å². The zero-order valence-electron chi connectivity index (χ0n) is 12.9. The van der Waals surface area contributed by atoms with Gasteiger partial charge < -0.3 is 10.8 Å². The number of aliphatic imine (C=N–C) groups is 1. The third-order valence-electron chi connectivity index (χ3n) is 4.13. The number of benzene rings is 1. The lowest BCUT2D eigenvalue weighted by Gasteiger charge is -2.10. The molecule has 3 N–H and O–H groups in total. The molecule has 130 valence electrons. The SMILES string of the molecule is N/C(=N\C(=O)O)c1cccc(C2Cc3ccc(C(F)(F)F)cc3C2)n1. The van der Waals surface area contributed by atoms with Gasteiger partial charge in [-0.15, -0.1) is 0 Å². The molecular formula is C17H14F3N3O2. The van der Waals surface area contributed by atoms with Crippen molar-refractivity contribution in [1.29, 1.82) is 0 Å². The Hall–Kier alpha value is -2.90. The zero-order chi connectivity index (χ0) is 18.2. The number of pyridine rings is 1. The zero-order valence-corrected chi connectivity index (χ0v) is 12.9. The van der Waals surface area contributed by atoms with Crippen molar-refractivity contribution < 1.29 is 23.1 Å². The molecule has 1 aliphatic rings. The number of carbonyl (C=O) groups is 1. The average Bonchev–Trinajstić information content (AvgIpc) is 2.96. The Kier molecular flexibility index (Phi) is 4.20. The van der Waals surface area contributed by atoms with Crippen molar-refractivity contribution in [2.45, 2.75) is 24.9 Å². The molecule has 0 saturated heterocycles. The summed E-state index contributed by atoms with van der Waals surface area (Å²) in [6, 6.07) is 8.73. The average molecular weight is 349 g/mol. The molecule has 1 atom stereocenters. The number of halogens is 3. The van der Waals surface area contributed by atoms with E-state index in [2.05, 4.69) is 9.98 Å². The molecule has 1 amide bonds. The molecule has 0 saturated carbocycles. The minimum Gasteiger partial charge on any atom is -0.463 e. The first kappa shape index (κ1) is 16.9. The van der Waals surface area contributed by atoms with Crippen molar-refractivity contribution >= 4 is 11.9 Å². The van der Waals surface area contributed by atoms with E-state index in [4.69, 9.17) is 10.8 Å². The molecule has 0 fully saturated rings. The normalized spacial score (nSPS) is 17.4. The van der Waals surface area contributed by atoms with E-state index >= 15 is 0 Å². The van der Waals surface area contributed by atoms with Crippen LogP contribution in [0.3, 0.4) is 0 Å². The molecule has 8 heteroatoms. The van der Waals surface area contributed by atoms with E-state index in [0.29, 0.717) is 24.1 Å². The van der Waals surface area contributed by atoms with E-state index in [1.807, 2.05) is 0 Å². The highest BCUT2D eigenvalue weighted by molar-refractivity contribution is 6.01. The molecule has 1 aromatic heterocycles. The van der Waals surface area contributed by atoms with E-state index < -0.39 is 17.8 Å². The number of amides is 1. The summed E-state index contributed by atoms with van der Waals surface area (Å²) >= 11 is 0. The first-order valence-corrected chi connectivity index (χ1v) is 7.47.